The van der Waals surface area contributed by atoms with Crippen LogP contribution in [0.1, 0.15) is 12.5 Å². The summed E-state index contributed by atoms with van der Waals surface area (Å²) in [7, 11) is -3.47. The second-order valence-corrected chi connectivity index (χ2v) is 7.24. The fourth-order valence-corrected chi connectivity index (χ4v) is 3.95. The summed E-state index contributed by atoms with van der Waals surface area (Å²) in [5, 5.41) is 0. The van der Waals surface area contributed by atoms with E-state index in [-0.39, 0.29) is 10.9 Å². The molecule has 1 aliphatic rings. The van der Waals surface area contributed by atoms with Crippen LogP contribution < -0.4 is 5.73 Å². The van der Waals surface area contributed by atoms with Gasteiger partial charge in [0.25, 0.3) is 0 Å². The predicted molar refractivity (Wildman–Crippen MR) is 81.1 cm³/mol. The minimum absolute atomic E-state index is 0.148. The van der Waals surface area contributed by atoms with Gasteiger partial charge in [-0.15, -0.1) is 0 Å². The van der Waals surface area contributed by atoms with Crippen molar-refractivity contribution in [1.29, 1.82) is 0 Å². The molecule has 1 atom stereocenters. The molecule has 20 heavy (non-hydrogen) atoms. The van der Waals surface area contributed by atoms with Crippen LogP contribution in [0, 0.1) is 0 Å². The molecule has 1 aromatic rings. The van der Waals surface area contributed by atoms with Crippen LogP contribution in [0.2, 0.25) is 0 Å². The summed E-state index contributed by atoms with van der Waals surface area (Å²) >= 11 is 4.84. The first kappa shape index (κ1) is 15.4. The molecular weight excluding hydrogens is 296 g/mol. The van der Waals surface area contributed by atoms with Gasteiger partial charge in [-0.25, -0.2) is 8.42 Å². The molecule has 2 N–H and O–H groups in total. The minimum Gasteiger partial charge on any atom is -0.393 e. The van der Waals surface area contributed by atoms with Crippen LogP contribution in [0.15, 0.2) is 29.2 Å². The molecule has 0 spiro atoms. The second kappa shape index (κ2) is 6.17. The van der Waals surface area contributed by atoms with Gasteiger partial charge < -0.3 is 10.5 Å². The first-order chi connectivity index (χ1) is 9.41. The molecule has 1 saturated heterocycles. The van der Waals surface area contributed by atoms with Gasteiger partial charge in [0.05, 0.1) is 23.1 Å². The Morgan fingerprint density at radius 3 is 2.65 bits per heavy atom. The molecule has 5 nitrogen and oxygen atoms in total. The Morgan fingerprint density at radius 2 is 2.10 bits per heavy atom. The van der Waals surface area contributed by atoms with Gasteiger partial charge >= 0.3 is 0 Å². The Bertz CT molecular complexity index is 584. The Kier molecular flexibility index (Phi) is 4.74. The summed E-state index contributed by atoms with van der Waals surface area (Å²) < 4.78 is 31.9. The monoisotopic (exact) mass is 314 g/mol. The summed E-state index contributed by atoms with van der Waals surface area (Å²) in [4.78, 5) is 0.681. The molecule has 1 fully saturated rings. The maximum Gasteiger partial charge on any atom is 0.243 e. The zero-order valence-corrected chi connectivity index (χ0v) is 12.9. The van der Waals surface area contributed by atoms with E-state index < -0.39 is 10.0 Å². The van der Waals surface area contributed by atoms with Crippen molar-refractivity contribution < 1.29 is 13.2 Å². The molecule has 0 bridgehead atoms. The summed E-state index contributed by atoms with van der Waals surface area (Å²) in [6.07, 6.45) is 0.476. The van der Waals surface area contributed by atoms with E-state index in [1.54, 1.807) is 24.3 Å². The molecule has 0 radical (unpaired) electrons. The topological polar surface area (TPSA) is 72.6 Å². The van der Waals surface area contributed by atoms with E-state index in [9.17, 15) is 8.42 Å². The van der Waals surface area contributed by atoms with Gasteiger partial charge in [-0.3, -0.25) is 0 Å². The highest BCUT2D eigenvalue weighted by Crippen LogP contribution is 2.21. The number of rotatable bonds is 4. The molecule has 1 aliphatic heterocycles. The van der Waals surface area contributed by atoms with Crippen molar-refractivity contribution >= 4 is 27.2 Å². The molecule has 0 amide bonds. The van der Waals surface area contributed by atoms with Gasteiger partial charge in [-0.05, 0) is 24.6 Å². The van der Waals surface area contributed by atoms with Crippen LogP contribution in [-0.4, -0.2) is 43.5 Å². The van der Waals surface area contributed by atoms with Gasteiger partial charge in [0, 0.05) is 19.0 Å². The third-order valence-electron chi connectivity index (χ3n) is 3.21. The highest BCUT2D eigenvalue weighted by atomic mass is 32.2. The molecule has 0 aliphatic carbocycles. The Hall–Kier alpha value is -1.02. The van der Waals surface area contributed by atoms with E-state index in [1.165, 1.54) is 4.31 Å². The molecule has 0 saturated carbocycles. The number of hydrogen-bond donors (Lipinski definition) is 1. The number of thiocarbonyl (C=S) groups is 1. The molecule has 2 rings (SSSR count). The van der Waals surface area contributed by atoms with Crippen LogP contribution in [0.3, 0.4) is 0 Å². The van der Waals surface area contributed by atoms with E-state index in [0.717, 1.165) is 5.56 Å². The highest BCUT2D eigenvalue weighted by molar-refractivity contribution is 7.89. The third kappa shape index (κ3) is 3.35. The fraction of sp³-hybridized carbons (Fsp3) is 0.462. The quantitative estimate of drug-likeness (QED) is 0.837. The number of morpholine rings is 1. The first-order valence-corrected chi connectivity index (χ1v) is 8.23. The van der Waals surface area contributed by atoms with Gasteiger partial charge in [0.2, 0.25) is 10.0 Å². The van der Waals surface area contributed by atoms with Crippen LogP contribution in [0.5, 0.6) is 0 Å². The standard InChI is InChI=1S/C13H18N2O3S2/c1-10-9-18-7-6-15(10)20(16,17)12-4-2-11(3-5-12)8-13(14)19/h2-5,10H,6-9H2,1H3,(H2,14,19). The third-order valence-corrected chi connectivity index (χ3v) is 5.39. The van der Waals surface area contributed by atoms with Gasteiger partial charge in [0.15, 0.2) is 0 Å². The van der Waals surface area contributed by atoms with Gasteiger partial charge in [0.1, 0.15) is 0 Å². The Labute approximate surface area is 124 Å². The maximum absolute atomic E-state index is 12.6. The van der Waals surface area contributed by atoms with Crippen molar-refractivity contribution in [3.63, 3.8) is 0 Å². The van der Waals surface area contributed by atoms with E-state index in [1.807, 2.05) is 6.92 Å². The van der Waals surface area contributed by atoms with E-state index >= 15 is 0 Å². The number of hydrogen-bond acceptors (Lipinski definition) is 4. The smallest absolute Gasteiger partial charge is 0.243 e. The van der Waals surface area contributed by atoms with E-state index in [0.29, 0.717) is 31.2 Å². The number of benzene rings is 1. The zero-order valence-electron chi connectivity index (χ0n) is 11.3. The lowest BCUT2D eigenvalue weighted by atomic mass is 10.1. The van der Waals surface area contributed by atoms with Crippen LogP contribution in [0.25, 0.3) is 0 Å². The molecular formula is C13H18N2O3S2. The van der Waals surface area contributed by atoms with Crippen LogP contribution >= 0.6 is 12.2 Å². The average molecular weight is 314 g/mol. The lowest BCUT2D eigenvalue weighted by Gasteiger charge is -2.32. The molecule has 0 aromatic heterocycles. The fourth-order valence-electron chi connectivity index (χ4n) is 2.18. The average Bonchev–Trinajstić information content (AvgIpc) is 2.39. The summed E-state index contributed by atoms with van der Waals surface area (Å²) in [6.45, 7) is 3.10. The van der Waals surface area contributed by atoms with Crippen molar-refractivity contribution in [2.24, 2.45) is 5.73 Å². The molecule has 110 valence electrons. The van der Waals surface area contributed by atoms with E-state index in [2.05, 4.69) is 0 Å². The predicted octanol–water partition coefficient (Wildman–Crippen LogP) is 0.925. The van der Waals surface area contributed by atoms with Crippen molar-refractivity contribution in [1.82, 2.24) is 4.31 Å². The molecule has 1 heterocycles. The first-order valence-electron chi connectivity index (χ1n) is 6.38. The minimum atomic E-state index is -3.47. The lowest BCUT2D eigenvalue weighted by Crippen LogP contribution is -2.46. The zero-order chi connectivity index (χ0) is 14.8. The van der Waals surface area contributed by atoms with Gasteiger partial charge in [-0.2, -0.15) is 4.31 Å². The van der Waals surface area contributed by atoms with Crippen molar-refractivity contribution in [2.45, 2.75) is 24.3 Å². The Morgan fingerprint density at radius 1 is 1.45 bits per heavy atom. The normalized spacial score (nSPS) is 20.8. The SMILES string of the molecule is CC1COCCN1S(=O)(=O)c1ccc(CC(N)=S)cc1. The van der Waals surface area contributed by atoms with Gasteiger partial charge in [-0.1, -0.05) is 24.4 Å². The highest BCUT2D eigenvalue weighted by Gasteiger charge is 2.31. The number of sulfonamides is 1. The number of ether oxygens (including phenoxy) is 1. The largest absolute Gasteiger partial charge is 0.393 e. The molecule has 7 heteroatoms. The Balaban J connectivity index is 2.23. The summed E-state index contributed by atoms with van der Waals surface area (Å²) in [5.41, 5.74) is 6.38. The number of nitrogens with zero attached hydrogens (tertiary/aromatic N) is 1. The molecule has 1 unspecified atom stereocenters. The second-order valence-electron chi connectivity index (χ2n) is 4.83. The van der Waals surface area contributed by atoms with Crippen molar-refractivity contribution in [3.8, 4) is 0 Å². The van der Waals surface area contributed by atoms with Crippen molar-refractivity contribution in [2.75, 3.05) is 19.8 Å². The van der Waals surface area contributed by atoms with Crippen molar-refractivity contribution in [3.05, 3.63) is 29.8 Å². The van der Waals surface area contributed by atoms with E-state index in [4.69, 9.17) is 22.7 Å². The maximum atomic E-state index is 12.6. The number of nitrogens with two attached hydrogens (primary N) is 1. The van der Waals surface area contributed by atoms with Crippen LogP contribution in [-0.2, 0) is 21.2 Å². The lowest BCUT2D eigenvalue weighted by molar-refractivity contribution is 0.0393. The summed E-state index contributed by atoms with van der Waals surface area (Å²) in [6, 6.07) is 6.55. The summed E-state index contributed by atoms with van der Waals surface area (Å²) in [5.74, 6) is 0. The van der Waals surface area contributed by atoms with Crippen LogP contribution in [0.4, 0.5) is 0 Å². The molecule has 1 aromatic carbocycles.